The van der Waals surface area contributed by atoms with Crippen LogP contribution in [-0.2, 0) is 6.54 Å². The summed E-state index contributed by atoms with van der Waals surface area (Å²) in [5.41, 5.74) is 2.68. The van der Waals surface area contributed by atoms with E-state index in [0.29, 0.717) is 17.9 Å². The highest BCUT2D eigenvalue weighted by atomic mass is 19.1. The maximum Gasteiger partial charge on any atom is 0.271 e. The predicted octanol–water partition coefficient (Wildman–Crippen LogP) is 2.88. The van der Waals surface area contributed by atoms with E-state index in [4.69, 9.17) is 0 Å². The average molecular weight is 310 g/mol. The van der Waals surface area contributed by atoms with Gasteiger partial charge in [0.25, 0.3) is 5.91 Å². The van der Waals surface area contributed by atoms with Gasteiger partial charge in [-0.2, -0.15) is 5.10 Å². The average Bonchev–Trinajstić information content (AvgIpc) is 3.05. The van der Waals surface area contributed by atoms with Crippen LogP contribution in [0, 0.1) is 5.82 Å². The fourth-order valence-electron chi connectivity index (χ4n) is 2.24. The lowest BCUT2D eigenvalue weighted by Gasteiger charge is -2.15. The van der Waals surface area contributed by atoms with Crippen LogP contribution in [0.5, 0.6) is 0 Å². The number of amides is 1. The molecule has 3 aromatic rings. The van der Waals surface area contributed by atoms with Gasteiger partial charge in [-0.05, 0) is 42.0 Å². The van der Waals surface area contributed by atoms with Crippen LogP contribution in [0.25, 0.3) is 11.3 Å². The molecule has 0 atom stereocenters. The Morgan fingerprint density at radius 3 is 2.74 bits per heavy atom. The third-order valence-electron chi connectivity index (χ3n) is 3.44. The number of hydrogen-bond donors (Lipinski definition) is 1. The topological polar surface area (TPSA) is 61.9 Å². The van der Waals surface area contributed by atoms with Crippen molar-refractivity contribution in [1.29, 1.82) is 0 Å². The number of halogens is 1. The number of nitrogens with one attached hydrogen (secondary N) is 1. The maximum atomic E-state index is 13.0. The Hall–Kier alpha value is -3.02. The van der Waals surface area contributed by atoms with Crippen molar-refractivity contribution in [1.82, 2.24) is 20.1 Å². The summed E-state index contributed by atoms with van der Waals surface area (Å²) in [6.45, 7) is 0.456. The molecule has 1 amide bonds. The molecular weight excluding hydrogens is 295 g/mol. The number of aromatic amines is 1. The second kappa shape index (κ2) is 6.39. The number of pyridine rings is 1. The van der Waals surface area contributed by atoms with Crippen LogP contribution in [0.4, 0.5) is 4.39 Å². The quantitative estimate of drug-likeness (QED) is 0.806. The molecule has 2 heterocycles. The number of hydrogen-bond acceptors (Lipinski definition) is 3. The van der Waals surface area contributed by atoms with Gasteiger partial charge >= 0.3 is 0 Å². The fourth-order valence-corrected chi connectivity index (χ4v) is 2.24. The maximum absolute atomic E-state index is 13.0. The smallest absolute Gasteiger partial charge is 0.271 e. The van der Waals surface area contributed by atoms with E-state index >= 15 is 0 Å². The van der Waals surface area contributed by atoms with Crippen molar-refractivity contribution in [3.05, 3.63) is 71.9 Å². The first-order valence-corrected chi connectivity index (χ1v) is 7.09. The Morgan fingerprint density at radius 2 is 2.04 bits per heavy atom. The second-order valence-electron chi connectivity index (χ2n) is 5.20. The van der Waals surface area contributed by atoms with Gasteiger partial charge in [0.15, 0.2) is 0 Å². The molecule has 5 nitrogen and oxygen atoms in total. The number of aromatic nitrogens is 3. The molecular formula is C17H15FN4O. The van der Waals surface area contributed by atoms with Crippen LogP contribution in [-0.4, -0.2) is 33.0 Å². The van der Waals surface area contributed by atoms with E-state index in [1.54, 1.807) is 42.5 Å². The highest BCUT2D eigenvalue weighted by Crippen LogP contribution is 2.18. The van der Waals surface area contributed by atoms with Crippen molar-refractivity contribution < 1.29 is 9.18 Å². The van der Waals surface area contributed by atoms with E-state index in [1.807, 2.05) is 12.1 Å². The number of rotatable bonds is 4. The summed E-state index contributed by atoms with van der Waals surface area (Å²) in [5, 5.41) is 6.85. The zero-order chi connectivity index (χ0) is 16.2. The molecule has 0 spiro atoms. The standard InChI is InChI=1S/C17H15FN4O/c1-22(11-12-3-2-8-19-10-12)17(23)16-9-15(20-21-16)13-4-6-14(18)7-5-13/h2-10H,11H2,1H3,(H,20,21). The molecule has 0 saturated heterocycles. The van der Waals surface area contributed by atoms with Crippen molar-refractivity contribution in [2.24, 2.45) is 0 Å². The normalized spacial score (nSPS) is 10.5. The van der Waals surface area contributed by atoms with Gasteiger partial charge in [-0.1, -0.05) is 6.07 Å². The second-order valence-corrected chi connectivity index (χ2v) is 5.20. The van der Waals surface area contributed by atoms with Gasteiger partial charge in [0.2, 0.25) is 0 Å². The van der Waals surface area contributed by atoms with Crippen molar-refractivity contribution in [2.75, 3.05) is 7.05 Å². The summed E-state index contributed by atoms with van der Waals surface area (Å²) in [5.74, 6) is -0.480. The summed E-state index contributed by atoms with van der Waals surface area (Å²) in [7, 11) is 1.72. The molecule has 0 fully saturated rings. The van der Waals surface area contributed by atoms with E-state index in [2.05, 4.69) is 15.2 Å². The largest absolute Gasteiger partial charge is 0.336 e. The van der Waals surface area contributed by atoms with Gasteiger partial charge in [0.1, 0.15) is 11.5 Å². The van der Waals surface area contributed by atoms with Gasteiger partial charge in [-0.25, -0.2) is 4.39 Å². The summed E-state index contributed by atoms with van der Waals surface area (Å²) in [4.78, 5) is 18.0. The third kappa shape index (κ3) is 3.42. The molecule has 0 radical (unpaired) electrons. The van der Waals surface area contributed by atoms with Crippen LogP contribution in [0.2, 0.25) is 0 Å². The van der Waals surface area contributed by atoms with Crippen LogP contribution in [0.15, 0.2) is 54.9 Å². The zero-order valence-electron chi connectivity index (χ0n) is 12.5. The van der Waals surface area contributed by atoms with Crippen molar-refractivity contribution in [2.45, 2.75) is 6.54 Å². The predicted molar refractivity (Wildman–Crippen MR) is 84.0 cm³/mol. The molecule has 23 heavy (non-hydrogen) atoms. The highest BCUT2D eigenvalue weighted by Gasteiger charge is 2.15. The first kappa shape index (κ1) is 14.9. The Bertz CT molecular complexity index is 799. The molecule has 0 bridgehead atoms. The lowest BCUT2D eigenvalue weighted by molar-refractivity contribution is 0.0779. The molecule has 0 aliphatic rings. The lowest BCUT2D eigenvalue weighted by atomic mass is 10.1. The molecule has 0 aliphatic heterocycles. The van der Waals surface area contributed by atoms with E-state index in [0.717, 1.165) is 11.1 Å². The van der Waals surface area contributed by atoms with Gasteiger partial charge in [-0.15, -0.1) is 0 Å². The van der Waals surface area contributed by atoms with Crippen LogP contribution in [0.3, 0.4) is 0 Å². The molecule has 116 valence electrons. The number of carbonyl (C=O) groups is 1. The Morgan fingerprint density at radius 1 is 1.26 bits per heavy atom. The molecule has 3 rings (SSSR count). The van der Waals surface area contributed by atoms with Gasteiger partial charge in [0, 0.05) is 31.5 Å². The van der Waals surface area contributed by atoms with Crippen LogP contribution >= 0.6 is 0 Å². The zero-order valence-corrected chi connectivity index (χ0v) is 12.5. The minimum Gasteiger partial charge on any atom is -0.336 e. The van der Waals surface area contributed by atoms with E-state index in [-0.39, 0.29) is 11.7 Å². The number of H-pyrrole nitrogens is 1. The van der Waals surface area contributed by atoms with Crippen molar-refractivity contribution in [3.63, 3.8) is 0 Å². The molecule has 0 aliphatic carbocycles. The first-order chi connectivity index (χ1) is 11.1. The fraction of sp³-hybridized carbons (Fsp3) is 0.118. The number of carbonyl (C=O) groups excluding carboxylic acids is 1. The first-order valence-electron chi connectivity index (χ1n) is 7.09. The lowest BCUT2D eigenvalue weighted by Crippen LogP contribution is -2.26. The summed E-state index contributed by atoms with van der Waals surface area (Å²) in [6, 6.07) is 11.4. The number of nitrogens with zero attached hydrogens (tertiary/aromatic N) is 3. The molecule has 0 unspecified atom stereocenters. The Balaban J connectivity index is 1.74. The van der Waals surface area contributed by atoms with Crippen molar-refractivity contribution >= 4 is 5.91 Å². The van der Waals surface area contributed by atoms with E-state index in [1.165, 1.54) is 12.1 Å². The monoisotopic (exact) mass is 310 g/mol. The summed E-state index contributed by atoms with van der Waals surface area (Å²) >= 11 is 0. The molecule has 1 N–H and O–H groups in total. The summed E-state index contributed by atoms with van der Waals surface area (Å²) in [6.07, 6.45) is 3.41. The van der Waals surface area contributed by atoms with E-state index < -0.39 is 0 Å². The van der Waals surface area contributed by atoms with Crippen LogP contribution in [0.1, 0.15) is 16.1 Å². The highest BCUT2D eigenvalue weighted by molar-refractivity contribution is 5.93. The Labute approximate surface area is 132 Å². The Kier molecular flexibility index (Phi) is 4.14. The van der Waals surface area contributed by atoms with Crippen LogP contribution < -0.4 is 0 Å². The number of benzene rings is 1. The van der Waals surface area contributed by atoms with Crippen molar-refractivity contribution in [3.8, 4) is 11.3 Å². The van der Waals surface area contributed by atoms with Gasteiger partial charge < -0.3 is 4.90 Å². The molecule has 2 aromatic heterocycles. The molecule has 0 saturated carbocycles. The minimum atomic E-state index is -0.309. The summed E-state index contributed by atoms with van der Waals surface area (Å²) < 4.78 is 13.0. The van der Waals surface area contributed by atoms with E-state index in [9.17, 15) is 9.18 Å². The SMILES string of the molecule is CN(Cc1cccnc1)C(=O)c1cc(-c2ccc(F)cc2)n[nH]1. The van der Waals surface area contributed by atoms with Gasteiger partial charge in [0.05, 0.1) is 5.69 Å². The minimum absolute atomic E-state index is 0.172. The van der Waals surface area contributed by atoms with Gasteiger partial charge in [-0.3, -0.25) is 14.9 Å². The molecule has 6 heteroatoms. The molecule has 1 aromatic carbocycles. The third-order valence-corrected chi connectivity index (χ3v) is 3.44.